The molecule has 0 aliphatic carbocycles. The van der Waals surface area contributed by atoms with Crippen molar-refractivity contribution >= 4 is 115 Å². The Morgan fingerprint density at radius 3 is 1.04 bits per heavy atom. The second kappa shape index (κ2) is 16.3. The fourth-order valence-corrected chi connectivity index (χ4v) is 23.3. The summed E-state index contributed by atoms with van der Waals surface area (Å²) in [6.07, 6.45) is 0. The van der Waals surface area contributed by atoms with Crippen molar-refractivity contribution in [1.29, 1.82) is 0 Å². The summed E-state index contributed by atoms with van der Waals surface area (Å²) < 4.78 is 14.4. The minimum atomic E-state index is -2.82. The Bertz CT molecular complexity index is 3790. The highest BCUT2D eigenvalue weighted by atomic mass is 28.3. The van der Waals surface area contributed by atoms with Crippen LogP contribution in [0.15, 0.2) is 273 Å². The van der Waals surface area contributed by atoms with Crippen molar-refractivity contribution < 1.29 is 9.47 Å². The van der Waals surface area contributed by atoms with Crippen LogP contribution in [0.25, 0.3) is 0 Å². The Kier molecular flexibility index (Phi) is 9.36. The quantitative estimate of drug-likeness (QED) is 0.156. The zero-order valence-corrected chi connectivity index (χ0v) is 41.8. The van der Waals surface area contributed by atoms with E-state index in [9.17, 15) is 0 Å². The lowest BCUT2D eigenvalue weighted by Gasteiger charge is -2.45. The maximum absolute atomic E-state index is 7.40. The summed E-state index contributed by atoms with van der Waals surface area (Å²) in [6, 6.07) is 101. The molecule has 0 atom stereocenters. The number of hydrogen-bond donors (Lipinski definition) is 0. The first kappa shape index (κ1) is 41.9. The molecular weight excluding hydrogens is 920 g/mol. The number of ether oxygens (including phenoxy) is 2. The van der Waals surface area contributed by atoms with Gasteiger partial charge in [0.15, 0.2) is 16.1 Å². The molecule has 4 aliphatic rings. The van der Waals surface area contributed by atoms with Crippen LogP contribution in [0.4, 0.5) is 34.1 Å². The van der Waals surface area contributed by atoms with Gasteiger partial charge in [-0.15, -0.1) is 0 Å². The van der Waals surface area contributed by atoms with E-state index < -0.39 is 16.1 Å². The zero-order valence-electron chi connectivity index (χ0n) is 39.8. The Hall–Kier alpha value is -8.88. The van der Waals surface area contributed by atoms with E-state index in [0.29, 0.717) is 0 Å². The smallest absolute Gasteiger partial charge is 0.260 e. The molecular formula is C66H45BN2O2Si2. The number of hydrogen-bond acceptors (Lipinski definition) is 4. The van der Waals surface area contributed by atoms with E-state index in [1.165, 1.54) is 52.9 Å². The molecule has 0 saturated carbocycles. The SMILES string of the molecule is c1ccc([Si]2(c3ccccc3)c3ccccc3N(c3ccc4c(c3)Oc3cc(N5c6ccccc6[Si](c6ccccc6)(c6ccccc6)c6ccccc65)cc5c3B4c3ccccc3O5)c3ccccc32)cc1. The van der Waals surface area contributed by atoms with Gasteiger partial charge in [0.05, 0.1) is 5.69 Å². The number of anilines is 6. The van der Waals surface area contributed by atoms with Gasteiger partial charge in [0.25, 0.3) is 6.71 Å². The molecule has 11 aromatic rings. The Morgan fingerprint density at radius 1 is 0.274 bits per heavy atom. The third-order valence-electron chi connectivity index (χ3n) is 15.9. The molecule has 4 nitrogen and oxygen atoms in total. The summed E-state index contributed by atoms with van der Waals surface area (Å²) in [5.74, 6) is 3.30. The molecule has 4 heterocycles. The average Bonchev–Trinajstić information content (AvgIpc) is 3.47. The molecule has 0 radical (unpaired) electrons. The summed E-state index contributed by atoms with van der Waals surface area (Å²) in [5.41, 5.74) is 10.0. The molecule has 0 aromatic heterocycles. The monoisotopic (exact) mass is 964 g/mol. The van der Waals surface area contributed by atoms with Crippen LogP contribution in [0.3, 0.4) is 0 Å². The normalized spacial score (nSPS) is 14.7. The van der Waals surface area contributed by atoms with Crippen molar-refractivity contribution in [2.75, 3.05) is 9.80 Å². The molecule has 0 spiro atoms. The van der Waals surface area contributed by atoms with Crippen LogP contribution in [-0.4, -0.2) is 22.9 Å². The van der Waals surface area contributed by atoms with Gasteiger partial charge in [0.2, 0.25) is 0 Å². The molecule has 73 heavy (non-hydrogen) atoms. The third-order valence-corrected chi connectivity index (χ3v) is 25.6. The van der Waals surface area contributed by atoms with E-state index in [0.717, 1.165) is 62.1 Å². The maximum Gasteiger partial charge on any atom is 0.260 e. The standard InChI is InChI=1S/C66H45BN2O2Si2/c1-5-23-48(24-6-1)72(49-25-7-2-8-26-49)62-37-19-14-32-54(62)68(55-33-15-20-38-63(55)72)46-41-42-53-59(43-46)71-61-45-47(44-60-66(61)67(53)52-31-13-18-36-58(52)70-60)69-56-34-16-21-39-64(56)73(50-27-9-3-10-28-50,51-29-11-4-12-30-51)65-40-22-17-35-57(65)69/h1-45H. The minimum Gasteiger partial charge on any atom is -0.458 e. The number of nitrogens with zero attached hydrogens (tertiary/aromatic N) is 2. The highest BCUT2D eigenvalue weighted by Gasteiger charge is 2.51. The highest BCUT2D eigenvalue weighted by Crippen LogP contribution is 2.46. The summed E-state index contributed by atoms with van der Waals surface area (Å²) in [7, 11) is -5.62. The Morgan fingerprint density at radius 2 is 0.603 bits per heavy atom. The summed E-state index contributed by atoms with van der Waals surface area (Å²) in [6.45, 7) is -0.101. The second-order valence-corrected chi connectivity index (χ2v) is 26.9. The number of para-hydroxylation sites is 5. The second-order valence-electron chi connectivity index (χ2n) is 19.5. The van der Waals surface area contributed by atoms with Gasteiger partial charge in [-0.2, -0.15) is 0 Å². The molecule has 0 bridgehead atoms. The Labute approximate surface area is 427 Å². The molecule has 4 aliphatic heterocycles. The summed E-state index contributed by atoms with van der Waals surface area (Å²) >= 11 is 0. The van der Waals surface area contributed by atoms with Gasteiger partial charge >= 0.3 is 0 Å². The highest BCUT2D eigenvalue weighted by molar-refractivity contribution is 7.22. The fourth-order valence-electron chi connectivity index (χ4n) is 13.1. The van der Waals surface area contributed by atoms with Crippen molar-refractivity contribution in [3.05, 3.63) is 273 Å². The summed E-state index contributed by atoms with van der Waals surface area (Å²) in [4.78, 5) is 4.92. The first-order chi connectivity index (χ1) is 36.2. The molecule has 0 saturated heterocycles. The van der Waals surface area contributed by atoms with Crippen LogP contribution in [0, 0.1) is 0 Å². The molecule has 342 valence electrons. The van der Waals surface area contributed by atoms with Gasteiger partial charge in [0.1, 0.15) is 23.0 Å². The number of benzene rings is 11. The average molecular weight is 965 g/mol. The van der Waals surface area contributed by atoms with Crippen molar-refractivity contribution in [3.63, 3.8) is 0 Å². The van der Waals surface area contributed by atoms with E-state index in [1.54, 1.807) is 0 Å². The number of fused-ring (bicyclic) bond motifs is 8. The maximum atomic E-state index is 7.40. The molecule has 0 amide bonds. The van der Waals surface area contributed by atoms with E-state index in [-0.39, 0.29) is 6.71 Å². The van der Waals surface area contributed by atoms with Crippen LogP contribution in [0.2, 0.25) is 0 Å². The van der Waals surface area contributed by atoms with Gasteiger partial charge in [-0.3, -0.25) is 0 Å². The molecule has 0 unspecified atom stereocenters. The largest absolute Gasteiger partial charge is 0.458 e. The summed E-state index contributed by atoms with van der Waals surface area (Å²) in [5, 5.41) is 10.8. The minimum absolute atomic E-state index is 0.101. The molecule has 0 fully saturated rings. The van der Waals surface area contributed by atoms with Crippen molar-refractivity contribution in [2.24, 2.45) is 0 Å². The third kappa shape index (κ3) is 5.95. The molecule has 0 N–H and O–H groups in total. The number of rotatable bonds is 6. The van der Waals surface area contributed by atoms with Gasteiger partial charge in [0, 0.05) is 52.1 Å². The first-order valence-corrected chi connectivity index (χ1v) is 29.2. The van der Waals surface area contributed by atoms with E-state index in [1.807, 2.05) is 0 Å². The van der Waals surface area contributed by atoms with Gasteiger partial charge in [-0.25, -0.2) is 0 Å². The van der Waals surface area contributed by atoms with Crippen LogP contribution >= 0.6 is 0 Å². The van der Waals surface area contributed by atoms with Crippen LogP contribution < -0.4 is 77.2 Å². The first-order valence-electron chi connectivity index (χ1n) is 25.2. The van der Waals surface area contributed by atoms with Gasteiger partial charge in [-0.05, 0) is 88.8 Å². The zero-order chi connectivity index (χ0) is 48.1. The Balaban J connectivity index is 0.921. The van der Waals surface area contributed by atoms with E-state index in [4.69, 9.17) is 9.47 Å². The topological polar surface area (TPSA) is 24.9 Å². The lowest BCUT2D eigenvalue weighted by Crippen LogP contribution is -2.77. The van der Waals surface area contributed by atoms with Crippen molar-refractivity contribution in [1.82, 2.24) is 0 Å². The van der Waals surface area contributed by atoms with Gasteiger partial charge < -0.3 is 19.3 Å². The van der Waals surface area contributed by atoms with Crippen molar-refractivity contribution in [3.8, 4) is 23.0 Å². The van der Waals surface area contributed by atoms with Crippen molar-refractivity contribution in [2.45, 2.75) is 0 Å². The predicted octanol–water partition coefficient (Wildman–Crippen LogP) is 8.74. The molecule has 7 heteroatoms. The van der Waals surface area contributed by atoms with E-state index >= 15 is 0 Å². The van der Waals surface area contributed by atoms with Gasteiger partial charge in [-0.1, -0.05) is 218 Å². The van der Waals surface area contributed by atoms with Crippen LogP contribution in [0.5, 0.6) is 23.0 Å². The predicted molar refractivity (Wildman–Crippen MR) is 308 cm³/mol. The van der Waals surface area contributed by atoms with Crippen LogP contribution in [0.1, 0.15) is 0 Å². The van der Waals surface area contributed by atoms with Crippen LogP contribution in [-0.2, 0) is 0 Å². The fraction of sp³-hybridized carbons (Fsp3) is 0. The lowest BCUT2D eigenvalue weighted by molar-refractivity contribution is 0.465. The van der Waals surface area contributed by atoms with E-state index in [2.05, 4.69) is 283 Å². The lowest BCUT2D eigenvalue weighted by atomic mass is 9.35. The molecule has 15 rings (SSSR count). The molecule has 11 aromatic carbocycles.